The van der Waals surface area contributed by atoms with Gasteiger partial charge in [-0.1, -0.05) is 0 Å². The van der Waals surface area contributed by atoms with Crippen molar-refractivity contribution in [1.29, 1.82) is 0 Å². The number of aliphatic carboxylic acids is 1. The van der Waals surface area contributed by atoms with Crippen LogP contribution in [-0.2, 0) is 4.79 Å². The lowest BCUT2D eigenvalue weighted by Gasteiger charge is -2.08. The van der Waals surface area contributed by atoms with Crippen molar-refractivity contribution in [3.8, 4) is 0 Å². The summed E-state index contributed by atoms with van der Waals surface area (Å²) in [7, 11) is 0. The summed E-state index contributed by atoms with van der Waals surface area (Å²) >= 11 is 5.33. The minimum atomic E-state index is -0.942. The van der Waals surface area contributed by atoms with Crippen LogP contribution >= 0.6 is 11.8 Å². The number of hydrogen-bond acceptors (Lipinski definition) is 3. The standard InChI is InChI=1S/C4H5ClN2O2/c5-7-3(4(8)9)1-2-6-7/h2-3H,1H2,(H,8,9). The van der Waals surface area contributed by atoms with Crippen LogP contribution in [0.2, 0.25) is 0 Å². The fourth-order valence-corrected chi connectivity index (χ4v) is 0.809. The van der Waals surface area contributed by atoms with Crippen molar-refractivity contribution in [2.45, 2.75) is 12.5 Å². The fourth-order valence-electron chi connectivity index (χ4n) is 0.584. The third-order valence-electron chi connectivity index (χ3n) is 1.06. The number of hydrazone groups is 1. The van der Waals surface area contributed by atoms with Crippen LogP contribution in [0.15, 0.2) is 5.10 Å². The highest BCUT2D eigenvalue weighted by Gasteiger charge is 2.25. The summed E-state index contributed by atoms with van der Waals surface area (Å²) in [6.07, 6.45) is 1.87. The van der Waals surface area contributed by atoms with Crippen LogP contribution in [0.3, 0.4) is 0 Å². The predicted molar refractivity (Wildman–Crippen MR) is 32.2 cm³/mol. The van der Waals surface area contributed by atoms with Gasteiger partial charge in [0.1, 0.15) is 0 Å². The van der Waals surface area contributed by atoms with Gasteiger partial charge >= 0.3 is 5.97 Å². The Morgan fingerprint density at radius 3 is 2.89 bits per heavy atom. The maximum atomic E-state index is 10.2. The molecule has 4 nitrogen and oxygen atoms in total. The normalized spacial score (nSPS) is 25.0. The Labute approximate surface area is 56.8 Å². The first-order valence-corrected chi connectivity index (χ1v) is 2.76. The molecule has 1 N–H and O–H groups in total. The molecular formula is C4H5ClN2O2. The maximum absolute atomic E-state index is 10.2. The topological polar surface area (TPSA) is 52.9 Å². The summed E-state index contributed by atoms with van der Waals surface area (Å²) in [6, 6.07) is -0.674. The Morgan fingerprint density at radius 1 is 2.00 bits per heavy atom. The molecule has 9 heavy (non-hydrogen) atoms. The highest BCUT2D eigenvalue weighted by Crippen LogP contribution is 2.12. The number of halogens is 1. The van der Waals surface area contributed by atoms with Gasteiger partial charge in [0, 0.05) is 24.4 Å². The van der Waals surface area contributed by atoms with E-state index in [0.29, 0.717) is 6.42 Å². The van der Waals surface area contributed by atoms with Crippen molar-refractivity contribution in [3.05, 3.63) is 0 Å². The summed E-state index contributed by atoms with van der Waals surface area (Å²) in [5.74, 6) is -0.942. The van der Waals surface area contributed by atoms with Gasteiger partial charge in [0.05, 0.1) is 0 Å². The Bertz CT molecular complexity index is 159. The van der Waals surface area contributed by atoms with E-state index in [0.717, 1.165) is 4.53 Å². The molecule has 50 valence electrons. The van der Waals surface area contributed by atoms with E-state index in [1.807, 2.05) is 0 Å². The van der Waals surface area contributed by atoms with E-state index >= 15 is 0 Å². The van der Waals surface area contributed by atoms with E-state index in [4.69, 9.17) is 16.9 Å². The smallest absolute Gasteiger partial charge is 0.330 e. The third-order valence-corrected chi connectivity index (χ3v) is 1.39. The SMILES string of the molecule is O=C(O)C1CC=NN1Cl. The van der Waals surface area contributed by atoms with E-state index in [-0.39, 0.29) is 0 Å². The molecule has 5 heteroatoms. The summed E-state index contributed by atoms with van der Waals surface area (Å²) in [6.45, 7) is 0. The van der Waals surface area contributed by atoms with Crippen molar-refractivity contribution in [3.63, 3.8) is 0 Å². The Balaban J connectivity index is 2.55. The van der Waals surface area contributed by atoms with Gasteiger partial charge < -0.3 is 5.11 Å². The fraction of sp³-hybridized carbons (Fsp3) is 0.500. The molecule has 0 aromatic heterocycles. The van der Waals surface area contributed by atoms with Crippen molar-refractivity contribution < 1.29 is 9.90 Å². The lowest BCUT2D eigenvalue weighted by Crippen LogP contribution is -2.27. The molecule has 0 aliphatic carbocycles. The molecule has 0 fully saturated rings. The van der Waals surface area contributed by atoms with Crippen LogP contribution in [-0.4, -0.2) is 27.9 Å². The van der Waals surface area contributed by atoms with E-state index in [9.17, 15) is 4.79 Å². The number of carboxylic acid groups (broad SMARTS) is 1. The second kappa shape index (κ2) is 2.23. The second-order valence-corrected chi connectivity index (χ2v) is 2.02. The molecular weight excluding hydrogens is 144 g/mol. The van der Waals surface area contributed by atoms with Crippen molar-refractivity contribution in [1.82, 2.24) is 4.53 Å². The van der Waals surface area contributed by atoms with E-state index in [2.05, 4.69) is 5.10 Å². The zero-order valence-electron chi connectivity index (χ0n) is 4.49. The number of nitrogens with zero attached hydrogens (tertiary/aromatic N) is 2. The summed E-state index contributed by atoms with van der Waals surface area (Å²) in [5.41, 5.74) is 0. The van der Waals surface area contributed by atoms with Crippen LogP contribution in [0.25, 0.3) is 0 Å². The van der Waals surface area contributed by atoms with Crippen LogP contribution in [0.4, 0.5) is 0 Å². The third kappa shape index (κ3) is 1.13. The van der Waals surface area contributed by atoms with Gasteiger partial charge in [0.2, 0.25) is 0 Å². The molecule has 0 saturated heterocycles. The zero-order valence-corrected chi connectivity index (χ0v) is 5.25. The number of carbonyl (C=O) groups is 1. The molecule has 0 amide bonds. The first-order chi connectivity index (χ1) is 4.22. The number of carboxylic acids is 1. The van der Waals surface area contributed by atoms with E-state index in [1.54, 1.807) is 0 Å². The monoisotopic (exact) mass is 148 g/mol. The minimum Gasteiger partial charge on any atom is -0.480 e. The molecule has 0 aromatic carbocycles. The van der Waals surface area contributed by atoms with Crippen molar-refractivity contribution in [2.75, 3.05) is 0 Å². The van der Waals surface area contributed by atoms with Gasteiger partial charge in [-0.05, 0) is 0 Å². The van der Waals surface area contributed by atoms with Crippen LogP contribution < -0.4 is 0 Å². The highest BCUT2D eigenvalue weighted by atomic mass is 35.5. The first-order valence-electron chi connectivity index (χ1n) is 2.42. The molecule has 1 aliphatic heterocycles. The Hall–Kier alpha value is -0.770. The van der Waals surface area contributed by atoms with Gasteiger partial charge in [-0.3, -0.25) is 0 Å². The van der Waals surface area contributed by atoms with Crippen molar-refractivity contribution >= 4 is 24.0 Å². The molecule has 0 aromatic rings. The van der Waals surface area contributed by atoms with E-state index < -0.39 is 12.0 Å². The molecule has 1 unspecified atom stereocenters. The summed E-state index contributed by atoms with van der Waals surface area (Å²) < 4.78 is 0.919. The van der Waals surface area contributed by atoms with Crippen molar-refractivity contribution in [2.24, 2.45) is 5.10 Å². The quantitative estimate of drug-likeness (QED) is 0.544. The number of hydrogen-bond donors (Lipinski definition) is 1. The molecule has 0 radical (unpaired) electrons. The van der Waals surface area contributed by atoms with Crippen LogP contribution in [0, 0.1) is 0 Å². The number of rotatable bonds is 1. The first kappa shape index (κ1) is 6.35. The largest absolute Gasteiger partial charge is 0.480 e. The zero-order chi connectivity index (χ0) is 6.85. The lowest BCUT2D eigenvalue weighted by molar-refractivity contribution is -0.140. The van der Waals surface area contributed by atoms with Gasteiger partial charge in [-0.2, -0.15) is 9.63 Å². The van der Waals surface area contributed by atoms with Gasteiger partial charge in [0.15, 0.2) is 6.04 Å². The molecule has 0 spiro atoms. The summed E-state index contributed by atoms with van der Waals surface area (Å²) in [4.78, 5) is 10.2. The highest BCUT2D eigenvalue weighted by molar-refractivity contribution is 6.15. The minimum absolute atomic E-state index is 0.388. The van der Waals surface area contributed by atoms with Gasteiger partial charge in [-0.15, -0.1) is 0 Å². The van der Waals surface area contributed by atoms with Crippen LogP contribution in [0.1, 0.15) is 6.42 Å². The molecule has 1 atom stereocenters. The van der Waals surface area contributed by atoms with E-state index in [1.165, 1.54) is 6.21 Å². The Kier molecular flexibility index (Phi) is 1.57. The average Bonchev–Trinajstić information content (AvgIpc) is 2.13. The second-order valence-electron chi connectivity index (χ2n) is 1.68. The molecule has 1 aliphatic rings. The summed E-state index contributed by atoms with van der Waals surface area (Å²) in [5, 5.41) is 11.9. The van der Waals surface area contributed by atoms with Gasteiger partial charge in [0.25, 0.3) is 0 Å². The maximum Gasteiger partial charge on any atom is 0.330 e. The molecule has 1 rings (SSSR count). The predicted octanol–water partition coefficient (Wildman–Crippen LogP) is 0.285. The molecule has 0 bridgehead atoms. The van der Waals surface area contributed by atoms with Crippen LogP contribution in [0.5, 0.6) is 0 Å². The Morgan fingerprint density at radius 2 is 2.67 bits per heavy atom. The van der Waals surface area contributed by atoms with Gasteiger partial charge in [-0.25, -0.2) is 4.79 Å². The average molecular weight is 149 g/mol. The molecule has 0 saturated carbocycles. The molecule has 1 heterocycles. The lowest BCUT2D eigenvalue weighted by atomic mass is 10.2.